The van der Waals surface area contributed by atoms with Crippen LogP contribution in [0.5, 0.6) is 0 Å². The van der Waals surface area contributed by atoms with E-state index in [-0.39, 0.29) is 12.5 Å². The zero-order chi connectivity index (χ0) is 13.8. The molecule has 0 radical (unpaired) electrons. The van der Waals surface area contributed by atoms with Crippen molar-refractivity contribution in [1.82, 2.24) is 10.2 Å². The number of carbonyl (C=O) groups excluding carboxylic acids is 1. The van der Waals surface area contributed by atoms with Gasteiger partial charge in [0.1, 0.15) is 0 Å². The van der Waals surface area contributed by atoms with Crippen molar-refractivity contribution in [1.29, 1.82) is 0 Å². The minimum atomic E-state index is -0.746. The molecule has 108 valence electrons. The zero-order valence-corrected chi connectivity index (χ0v) is 11.6. The Morgan fingerprint density at radius 1 is 1.42 bits per heavy atom. The van der Waals surface area contributed by atoms with Gasteiger partial charge in [0.25, 0.3) is 0 Å². The Morgan fingerprint density at radius 3 is 2.79 bits per heavy atom. The van der Waals surface area contributed by atoms with E-state index in [1.54, 1.807) is 0 Å². The molecule has 5 heteroatoms. The maximum absolute atomic E-state index is 12.0. The van der Waals surface area contributed by atoms with Crippen molar-refractivity contribution in [2.45, 2.75) is 39.0 Å². The van der Waals surface area contributed by atoms with Gasteiger partial charge >= 0.3 is 12.0 Å². The summed E-state index contributed by atoms with van der Waals surface area (Å²) >= 11 is 0. The van der Waals surface area contributed by atoms with E-state index in [9.17, 15) is 9.59 Å². The first-order valence-electron chi connectivity index (χ1n) is 7.31. The lowest BCUT2D eigenvalue weighted by atomic mass is 9.93. The highest BCUT2D eigenvalue weighted by atomic mass is 16.4. The van der Waals surface area contributed by atoms with Gasteiger partial charge in [0.2, 0.25) is 0 Å². The Labute approximate surface area is 114 Å². The smallest absolute Gasteiger partial charge is 0.317 e. The number of carboxylic acid groups (broad SMARTS) is 1. The molecule has 19 heavy (non-hydrogen) atoms. The number of nitrogens with one attached hydrogen (secondary N) is 1. The summed E-state index contributed by atoms with van der Waals surface area (Å²) in [5.74, 6) is 1.02. The molecule has 1 heterocycles. The second-order valence-corrected chi connectivity index (χ2v) is 6.05. The first-order chi connectivity index (χ1) is 9.06. The van der Waals surface area contributed by atoms with Crippen LogP contribution in [0.1, 0.15) is 39.0 Å². The lowest BCUT2D eigenvalue weighted by molar-refractivity contribution is -0.137. The van der Waals surface area contributed by atoms with Gasteiger partial charge in [-0.05, 0) is 43.4 Å². The van der Waals surface area contributed by atoms with E-state index in [4.69, 9.17) is 5.11 Å². The van der Waals surface area contributed by atoms with Crippen LogP contribution in [0, 0.1) is 17.8 Å². The molecule has 1 saturated heterocycles. The Kier molecular flexibility index (Phi) is 4.66. The number of carbonyl (C=O) groups is 2. The molecule has 2 amide bonds. The summed E-state index contributed by atoms with van der Waals surface area (Å²) in [7, 11) is 0. The molecule has 3 unspecified atom stereocenters. The van der Waals surface area contributed by atoms with Crippen LogP contribution in [-0.2, 0) is 4.79 Å². The predicted octanol–water partition coefficient (Wildman–Crippen LogP) is 1.93. The van der Waals surface area contributed by atoms with Crippen LogP contribution >= 0.6 is 0 Å². The van der Waals surface area contributed by atoms with Gasteiger partial charge in [0.15, 0.2) is 0 Å². The third-order valence-electron chi connectivity index (χ3n) is 4.36. The molecule has 2 rings (SSSR count). The molecule has 2 fully saturated rings. The number of urea groups is 1. The highest BCUT2D eigenvalue weighted by Gasteiger charge is 2.33. The van der Waals surface area contributed by atoms with Crippen LogP contribution in [0.4, 0.5) is 4.79 Å². The molecule has 1 aliphatic heterocycles. The van der Waals surface area contributed by atoms with E-state index in [0.717, 1.165) is 31.8 Å². The van der Waals surface area contributed by atoms with Crippen LogP contribution in [0.25, 0.3) is 0 Å². The summed E-state index contributed by atoms with van der Waals surface area (Å²) in [4.78, 5) is 24.4. The van der Waals surface area contributed by atoms with Crippen molar-refractivity contribution in [3.8, 4) is 0 Å². The van der Waals surface area contributed by atoms with Crippen LogP contribution in [-0.4, -0.2) is 41.6 Å². The molecule has 1 saturated carbocycles. The van der Waals surface area contributed by atoms with Crippen molar-refractivity contribution in [3.63, 3.8) is 0 Å². The summed E-state index contributed by atoms with van der Waals surface area (Å²) in [6.07, 6.45) is 4.13. The number of aliphatic carboxylic acids is 1. The van der Waals surface area contributed by atoms with Crippen LogP contribution < -0.4 is 5.32 Å². The first-order valence-corrected chi connectivity index (χ1v) is 7.31. The third-order valence-corrected chi connectivity index (χ3v) is 4.36. The van der Waals surface area contributed by atoms with Gasteiger partial charge in [-0.25, -0.2) is 4.79 Å². The van der Waals surface area contributed by atoms with Gasteiger partial charge in [-0.2, -0.15) is 0 Å². The van der Waals surface area contributed by atoms with E-state index in [1.165, 1.54) is 6.42 Å². The average Bonchev–Trinajstić information content (AvgIpc) is 3.10. The molecule has 2 N–H and O–H groups in total. The van der Waals surface area contributed by atoms with Gasteiger partial charge in [0, 0.05) is 26.1 Å². The number of nitrogens with zero attached hydrogens (tertiary/aromatic N) is 1. The van der Waals surface area contributed by atoms with Crippen molar-refractivity contribution in [2.24, 2.45) is 17.8 Å². The van der Waals surface area contributed by atoms with Crippen molar-refractivity contribution >= 4 is 12.0 Å². The molecule has 3 atom stereocenters. The number of carboxylic acids is 1. The molecular weight excluding hydrogens is 244 g/mol. The monoisotopic (exact) mass is 268 g/mol. The SMILES string of the molecule is CC1CC1CNC(=O)N1CCCC(CCC(=O)O)C1. The van der Waals surface area contributed by atoms with E-state index in [1.807, 2.05) is 4.90 Å². The highest BCUT2D eigenvalue weighted by Crippen LogP contribution is 2.36. The summed E-state index contributed by atoms with van der Waals surface area (Å²) in [5, 5.41) is 11.7. The van der Waals surface area contributed by atoms with Crippen molar-refractivity contribution in [2.75, 3.05) is 19.6 Å². The summed E-state index contributed by atoms with van der Waals surface area (Å²) in [6.45, 7) is 4.50. The number of hydrogen-bond donors (Lipinski definition) is 2. The van der Waals surface area contributed by atoms with Gasteiger partial charge in [-0.1, -0.05) is 6.92 Å². The second-order valence-electron chi connectivity index (χ2n) is 6.05. The fourth-order valence-corrected chi connectivity index (χ4v) is 2.83. The number of rotatable bonds is 5. The minimum absolute atomic E-state index is 0.0270. The maximum Gasteiger partial charge on any atom is 0.317 e. The predicted molar refractivity (Wildman–Crippen MR) is 71.8 cm³/mol. The quantitative estimate of drug-likeness (QED) is 0.800. The number of likely N-dealkylation sites (tertiary alicyclic amines) is 1. The molecule has 0 spiro atoms. The van der Waals surface area contributed by atoms with Gasteiger partial charge in [-0.3, -0.25) is 4.79 Å². The largest absolute Gasteiger partial charge is 0.481 e. The van der Waals surface area contributed by atoms with E-state index in [2.05, 4.69) is 12.2 Å². The first kappa shape index (κ1) is 14.2. The van der Waals surface area contributed by atoms with Crippen LogP contribution in [0.3, 0.4) is 0 Å². The number of hydrogen-bond acceptors (Lipinski definition) is 2. The van der Waals surface area contributed by atoms with Gasteiger partial charge in [-0.15, -0.1) is 0 Å². The van der Waals surface area contributed by atoms with E-state index >= 15 is 0 Å². The molecule has 2 aliphatic rings. The fourth-order valence-electron chi connectivity index (χ4n) is 2.83. The summed E-state index contributed by atoms with van der Waals surface area (Å²) in [6, 6.07) is 0.0270. The van der Waals surface area contributed by atoms with Crippen LogP contribution in [0.15, 0.2) is 0 Å². The average molecular weight is 268 g/mol. The Morgan fingerprint density at radius 2 is 2.16 bits per heavy atom. The lowest BCUT2D eigenvalue weighted by Gasteiger charge is -2.32. The summed E-state index contributed by atoms with van der Waals surface area (Å²) in [5.41, 5.74) is 0. The Balaban J connectivity index is 1.69. The lowest BCUT2D eigenvalue weighted by Crippen LogP contribution is -2.46. The topological polar surface area (TPSA) is 69.6 Å². The van der Waals surface area contributed by atoms with Crippen molar-refractivity contribution < 1.29 is 14.7 Å². The van der Waals surface area contributed by atoms with Gasteiger partial charge < -0.3 is 15.3 Å². The van der Waals surface area contributed by atoms with Gasteiger partial charge in [0.05, 0.1) is 0 Å². The fraction of sp³-hybridized carbons (Fsp3) is 0.857. The molecule has 0 aromatic heterocycles. The molecule has 5 nitrogen and oxygen atoms in total. The highest BCUT2D eigenvalue weighted by molar-refractivity contribution is 5.74. The zero-order valence-electron chi connectivity index (χ0n) is 11.6. The second kappa shape index (κ2) is 6.26. The minimum Gasteiger partial charge on any atom is -0.481 e. The third kappa shape index (κ3) is 4.40. The number of amides is 2. The molecule has 0 aromatic rings. The molecular formula is C14H24N2O3. The van der Waals surface area contributed by atoms with E-state index in [0.29, 0.717) is 24.8 Å². The Hall–Kier alpha value is -1.26. The van der Waals surface area contributed by atoms with Crippen LogP contribution in [0.2, 0.25) is 0 Å². The maximum atomic E-state index is 12.0. The number of piperidine rings is 1. The van der Waals surface area contributed by atoms with E-state index < -0.39 is 5.97 Å². The molecule has 0 aromatic carbocycles. The summed E-state index contributed by atoms with van der Waals surface area (Å²) < 4.78 is 0. The van der Waals surface area contributed by atoms with Crippen molar-refractivity contribution in [3.05, 3.63) is 0 Å². The Bertz CT molecular complexity index is 346. The normalized spacial score (nSPS) is 29.9. The molecule has 0 bridgehead atoms. The standard InChI is InChI=1S/C14H24N2O3/c1-10-7-12(10)8-15-14(19)16-6-2-3-11(9-16)4-5-13(17)18/h10-12H,2-9H2,1H3,(H,15,19)(H,17,18). The molecule has 1 aliphatic carbocycles.